The fraction of sp³-hybridized carbons (Fsp3) is 0.632. The maximum absolute atomic E-state index is 12.5. The molecule has 0 spiro atoms. The summed E-state index contributed by atoms with van der Waals surface area (Å²) in [5.41, 5.74) is 1.47. The van der Waals surface area contributed by atoms with E-state index in [2.05, 4.69) is 5.32 Å². The van der Waals surface area contributed by atoms with Crippen molar-refractivity contribution in [1.29, 1.82) is 0 Å². The van der Waals surface area contributed by atoms with Crippen LogP contribution in [-0.4, -0.2) is 44.2 Å². The van der Waals surface area contributed by atoms with Crippen LogP contribution in [0.25, 0.3) is 0 Å². The van der Waals surface area contributed by atoms with E-state index in [1.165, 1.54) is 36.4 Å². The number of hydrogen-bond donors (Lipinski definition) is 1. The van der Waals surface area contributed by atoms with E-state index in [-0.39, 0.29) is 5.91 Å². The Morgan fingerprint density at radius 3 is 2.62 bits per heavy atom. The number of nitrogens with one attached hydrogen (secondary N) is 1. The highest BCUT2D eigenvalue weighted by molar-refractivity contribution is 7.99. The molecule has 1 atom stereocenters. The van der Waals surface area contributed by atoms with E-state index >= 15 is 0 Å². The maximum Gasteiger partial charge on any atom is 0.243 e. The summed E-state index contributed by atoms with van der Waals surface area (Å²) < 4.78 is 25.7. The molecular formula is C19H30N2O3S2. The Hall–Kier alpha value is -1.21. The number of aryl methyl sites for hydroxylation is 1. The van der Waals surface area contributed by atoms with Crippen molar-refractivity contribution in [1.82, 2.24) is 5.32 Å². The zero-order valence-corrected chi connectivity index (χ0v) is 17.5. The molecule has 146 valence electrons. The minimum absolute atomic E-state index is 0.263. The number of benzene rings is 1. The first-order chi connectivity index (χ1) is 12.3. The van der Waals surface area contributed by atoms with Gasteiger partial charge in [0, 0.05) is 17.5 Å². The molecule has 0 aliphatic heterocycles. The van der Waals surface area contributed by atoms with Crippen LogP contribution in [0.5, 0.6) is 0 Å². The molecule has 0 saturated heterocycles. The van der Waals surface area contributed by atoms with E-state index in [9.17, 15) is 13.2 Å². The van der Waals surface area contributed by atoms with Crippen molar-refractivity contribution in [3.63, 3.8) is 0 Å². The Bertz CT molecular complexity index is 700. The second kappa shape index (κ2) is 9.65. The summed E-state index contributed by atoms with van der Waals surface area (Å²) in [6.07, 6.45) is 7.62. The molecule has 0 unspecified atom stereocenters. The Kier molecular flexibility index (Phi) is 7.83. The number of hydrogen-bond acceptors (Lipinski definition) is 4. The third-order valence-electron chi connectivity index (χ3n) is 4.65. The predicted molar refractivity (Wildman–Crippen MR) is 110 cm³/mol. The molecule has 0 heterocycles. The van der Waals surface area contributed by atoms with Gasteiger partial charge in [-0.25, -0.2) is 8.42 Å². The molecule has 1 N–H and O–H groups in total. The summed E-state index contributed by atoms with van der Waals surface area (Å²) >= 11 is 1.92. The van der Waals surface area contributed by atoms with Crippen LogP contribution in [0.2, 0.25) is 0 Å². The lowest BCUT2D eigenvalue weighted by Crippen LogP contribution is -2.48. The van der Waals surface area contributed by atoms with Crippen molar-refractivity contribution in [2.45, 2.75) is 57.2 Å². The van der Waals surface area contributed by atoms with Gasteiger partial charge in [0.15, 0.2) is 0 Å². The van der Waals surface area contributed by atoms with Crippen molar-refractivity contribution in [2.75, 3.05) is 22.9 Å². The number of amides is 1. The number of rotatable bonds is 8. The highest BCUT2D eigenvalue weighted by Gasteiger charge is 2.29. The number of carbonyl (C=O) groups is 1. The normalized spacial score (nSPS) is 16.9. The zero-order chi connectivity index (χ0) is 19.2. The van der Waals surface area contributed by atoms with Crippen molar-refractivity contribution in [3.05, 3.63) is 29.8 Å². The van der Waals surface area contributed by atoms with E-state index in [0.29, 0.717) is 17.5 Å². The second-order valence-electron chi connectivity index (χ2n) is 7.00. The lowest BCUT2D eigenvalue weighted by Gasteiger charge is -2.28. The van der Waals surface area contributed by atoms with Crippen LogP contribution >= 0.6 is 11.8 Å². The first kappa shape index (κ1) is 21.1. The fourth-order valence-electron chi connectivity index (χ4n) is 3.35. The Labute approximate surface area is 162 Å². The first-order valence-corrected chi connectivity index (χ1v) is 12.1. The molecule has 0 radical (unpaired) electrons. The SMILES string of the molecule is Cc1cccc(N([C@@H](C)C(=O)NCCSC2CCCCC2)S(C)(=O)=O)c1. The van der Waals surface area contributed by atoms with E-state index in [0.717, 1.165) is 17.6 Å². The number of anilines is 1. The minimum Gasteiger partial charge on any atom is -0.353 e. The summed E-state index contributed by atoms with van der Waals surface area (Å²) in [5.74, 6) is 0.605. The van der Waals surface area contributed by atoms with Gasteiger partial charge in [-0.3, -0.25) is 9.10 Å². The summed E-state index contributed by atoms with van der Waals surface area (Å²) in [4.78, 5) is 12.5. The van der Waals surface area contributed by atoms with Crippen LogP contribution in [0.15, 0.2) is 24.3 Å². The molecule has 26 heavy (non-hydrogen) atoms. The van der Waals surface area contributed by atoms with Gasteiger partial charge in [0.2, 0.25) is 15.9 Å². The molecule has 1 aliphatic carbocycles. The lowest BCUT2D eigenvalue weighted by atomic mass is 10.0. The van der Waals surface area contributed by atoms with Crippen LogP contribution < -0.4 is 9.62 Å². The first-order valence-electron chi connectivity index (χ1n) is 9.24. The van der Waals surface area contributed by atoms with Crippen LogP contribution in [0.4, 0.5) is 5.69 Å². The van der Waals surface area contributed by atoms with E-state index in [1.54, 1.807) is 25.1 Å². The number of thioether (sulfide) groups is 1. The highest BCUT2D eigenvalue weighted by atomic mass is 32.2. The molecule has 1 saturated carbocycles. The summed E-state index contributed by atoms with van der Waals surface area (Å²) in [6, 6.07) is 6.41. The zero-order valence-electron chi connectivity index (χ0n) is 15.9. The Morgan fingerprint density at radius 2 is 2.00 bits per heavy atom. The molecule has 0 aromatic heterocycles. The molecule has 7 heteroatoms. The molecule has 2 rings (SSSR count). The van der Waals surface area contributed by atoms with Gasteiger partial charge < -0.3 is 5.32 Å². The van der Waals surface area contributed by atoms with Crippen LogP contribution in [0.1, 0.15) is 44.6 Å². The third-order valence-corrected chi connectivity index (χ3v) is 7.28. The monoisotopic (exact) mass is 398 g/mol. The molecule has 1 aromatic carbocycles. The minimum atomic E-state index is -3.56. The topological polar surface area (TPSA) is 66.5 Å². The molecule has 1 aliphatic rings. The van der Waals surface area contributed by atoms with Crippen molar-refractivity contribution in [3.8, 4) is 0 Å². The predicted octanol–water partition coefficient (Wildman–Crippen LogP) is 3.33. The second-order valence-corrected chi connectivity index (χ2v) is 10.3. The summed E-state index contributed by atoms with van der Waals surface area (Å²) in [7, 11) is -3.56. The summed E-state index contributed by atoms with van der Waals surface area (Å²) in [6.45, 7) is 4.10. The van der Waals surface area contributed by atoms with Gasteiger partial charge in [0.05, 0.1) is 11.9 Å². The lowest BCUT2D eigenvalue weighted by molar-refractivity contribution is -0.121. The Morgan fingerprint density at radius 1 is 1.31 bits per heavy atom. The molecule has 1 amide bonds. The number of carbonyl (C=O) groups excluding carboxylic acids is 1. The largest absolute Gasteiger partial charge is 0.353 e. The molecular weight excluding hydrogens is 368 g/mol. The van der Waals surface area contributed by atoms with Gasteiger partial charge in [-0.05, 0) is 44.4 Å². The van der Waals surface area contributed by atoms with E-state index in [1.807, 2.05) is 24.8 Å². The molecule has 5 nitrogen and oxygen atoms in total. The van der Waals surface area contributed by atoms with Gasteiger partial charge in [-0.2, -0.15) is 11.8 Å². The average Bonchev–Trinajstić information content (AvgIpc) is 2.58. The van der Waals surface area contributed by atoms with Gasteiger partial charge in [0.25, 0.3) is 0 Å². The standard InChI is InChI=1S/C19H30N2O3S2/c1-15-8-7-9-17(14-15)21(26(3,23)24)16(2)19(22)20-12-13-25-18-10-5-4-6-11-18/h7-9,14,16,18H,4-6,10-13H2,1-3H3,(H,20,22)/t16-/m0/s1. The summed E-state index contributed by atoms with van der Waals surface area (Å²) in [5, 5.41) is 3.60. The van der Waals surface area contributed by atoms with Crippen molar-refractivity contribution >= 4 is 33.4 Å². The van der Waals surface area contributed by atoms with Crippen molar-refractivity contribution in [2.24, 2.45) is 0 Å². The van der Waals surface area contributed by atoms with Crippen LogP contribution in [0.3, 0.4) is 0 Å². The molecule has 1 fully saturated rings. The molecule has 0 bridgehead atoms. The van der Waals surface area contributed by atoms with Crippen molar-refractivity contribution < 1.29 is 13.2 Å². The molecule has 1 aromatic rings. The van der Waals surface area contributed by atoms with Crippen LogP contribution in [-0.2, 0) is 14.8 Å². The van der Waals surface area contributed by atoms with Gasteiger partial charge >= 0.3 is 0 Å². The number of nitrogens with zero attached hydrogens (tertiary/aromatic N) is 1. The van der Waals surface area contributed by atoms with E-state index in [4.69, 9.17) is 0 Å². The number of sulfonamides is 1. The van der Waals surface area contributed by atoms with Crippen LogP contribution in [0, 0.1) is 6.92 Å². The van der Waals surface area contributed by atoms with Gasteiger partial charge in [-0.15, -0.1) is 0 Å². The average molecular weight is 399 g/mol. The van der Waals surface area contributed by atoms with Gasteiger partial charge in [0.1, 0.15) is 6.04 Å². The quantitative estimate of drug-likeness (QED) is 0.682. The third kappa shape index (κ3) is 6.20. The fourth-order valence-corrected chi connectivity index (χ4v) is 5.74. The van der Waals surface area contributed by atoms with E-state index < -0.39 is 16.1 Å². The maximum atomic E-state index is 12.5. The van der Waals surface area contributed by atoms with Gasteiger partial charge in [-0.1, -0.05) is 31.4 Å². The highest BCUT2D eigenvalue weighted by Crippen LogP contribution is 2.27. The Balaban J connectivity index is 1.92. The smallest absolute Gasteiger partial charge is 0.243 e.